The molecule has 1 rings (SSSR count). The van der Waals surface area contributed by atoms with Crippen molar-refractivity contribution in [2.45, 2.75) is 39.2 Å². The van der Waals surface area contributed by atoms with E-state index in [9.17, 15) is 18.4 Å². The predicted octanol–water partition coefficient (Wildman–Crippen LogP) is 3.79. The lowest BCUT2D eigenvalue weighted by Gasteiger charge is -2.19. The number of carbonyl (C=O) groups is 2. The molecule has 21 heavy (non-hydrogen) atoms. The molecule has 0 saturated carbocycles. The molecule has 0 aromatic heterocycles. The number of benzene rings is 1. The summed E-state index contributed by atoms with van der Waals surface area (Å²) < 4.78 is 31.8. The van der Waals surface area contributed by atoms with Gasteiger partial charge in [-0.3, -0.25) is 9.59 Å². The van der Waals surface area contributed by atoms with Crippen molar-refractivity contribution < 1.29 is 23.1 Å². The first-order valence-corrected chi connectivity index (χ1v) is 7.04. The van der Waals surface area contributed by atoms with Gasteiger partial charge in [0, 0.05) is 12.5 Å². The van der Waals surface area contributed by atoms with Crippen LogP contribution in [0.25, 0.3) is 0 Å². The molecule has 0 bridgehead atoms. The Bertz CT molecular complexity index is 556. The zero-order valence-electron chi connectivity index (χ0n) is 11.9. The Morgan fingerprint density at radius 2 is 1.81 bits per heavy atom. The van der Waals surface area contributed by atoms with Crippen LogP contribution in [0, 0.1) is 11.6 Å². The van der Waals surface area contributed by atoms with Crippen molar-refractivity contribution in [1.82, 2.24) is 0 Å². The number of carbonyl (C=O) groups excluding carboxylic acids is 2. The van der Waals surface area contributed by atoms with Gasteiger partial charge in [0.15, 0.2) is 0 Å². The van der Waals surface area contributed by atoms with Gasteiger partial charge in [0.2, 0.25) is 5.91 Å². The molecule has 0 aliphatic heterocycles. The number of rotatable bonds is 4. The van der Waals surface area contributed by atoms with Crippen LogP contribution in [-0.4, -0.2) is 17.5 Å². The van der Waals surface area contributed by atoms with E-state index >= 15 is 0 Å². The zero-order valence-corrected chi connectivity index (χ0v) is 13.5. The first-order chi connectivity index (χ1) is 9.58. The van der Waals surface area contributed by atoms with Gasteiger partial charge in [0.05, 0.1) is 16.6 Å². The zero-order chi connectivity index (χ0) is 16.2. The highest BCUT2D eigenvalue weighted by Gasteiger charge is 2.18. The van der Waals surface area contributed by atoms with Crippen LogP contribution in [0.5, 0.6) is 0 Å². The molecule has 0 atom stereocenters. The summed E-state index contributed by atoms with van der Waals surface area (Å²) in [4.78, 5) is 23.1. The standard InChI is InChI=1S/C14H16BrF2NO3/c1-14(2,3)21-13(20)5-4-12(19)18-11-7-9(16)8(15)6-10(11)17/h6-7H,4-5H2,1-3H3,(H,18,19). The fourth-order valence-electron chi connectivity index (χ4n) is 1.44. The molecule has 7 heteroatoms. The molecule has 0 heterocycles. The lowest BCUT2D eigenvalue weighted by Crippen LogP contribution is -2.24. The summed E-state index contributed by atoms with van der Waals surface area (Å²) in [7, 11) is 0. The van der Waals surface area contributed by atoms with E-state index in [2.05, 4.69) is 21.2 Å². The van der Waals surface area contributed by atoms with Crippen LogP contribution < -0.4 is 5.32 Å². The molecule has 0 unspecified atom stereocenters. The monoisotopic (exact) mass is 363 g/mol. The fourth-order valence-corrected chi connectivity index (χ4v) is 1.75. The van der Waals surface area contributed by atoms with Gasteiger partial charge in [-0.15, -0.1) is 0 Å². The van der Waals surface area contributed by atoms with Crippen molar-refractivity contribution >= 4 is 33.5 Å². The molecule has 1 amide bonds. The van der Waals surface area contributed by atoms with E-state index in [-0.39, 0.29) is 23.0 Å². The van der Waals surface area contributed by atoms with Crippen LogP contribution >= 0.6 is 15.9 Å². The third kappa shape index (κ3) is 6.20. The van der Waals surface area contributed by atoms with Gasteiger partial charge in [0.25, 0.3) is 0 Å². The molecule has 1 N–H and O–H groups in total. The predicted molar refractivity (Wildman–Crippen MR) is 77.8 cm³/mol. The lowest BCUT2D eigenvalue weighted by molar-refractivity contribution is -0.155. The Labute approximate surface area is 130 Å². The molecule has 116 valence electrons. The summed E-state index contributed by atoms with van der Waals surface area (Å²) in [6.45, 7) is 5.14. The number of esters is 1. The van der Waals surface area contributed by atoms with Gasteiger partial charge in [-0.05, 0) is 42.8 Å². The summed E-state index contributed by atoms with van der Waals surface area (Å²) in [6, 6.07) is 1.78. The minimum Gasteiger partial charge on any atom is -0.460 e. The quantitative estimate of drug-likeness (QED) is 0.653. The van der Waals surface area contributed by atoms with Crippen molar-refractivity contribution in [2.24, 2.45) is 0 Å². The van der Waals surface area contributed by atoms with Crippen molar-refractivity contribution in [3.63, 3.8) is 0 Å². The van der Waals surface area contributed by atoms with Crippen LogP contribution in [0.3, 0.4) is 0 Å². The number of anilines is 1. The molecule has 0 aliphatic rings. The number of nitrogens with one attached hydrogen (secondary N) is 1. The Morgan fingerprint density at radius 1 is 1.19 bits per heavy atom. The number of ether oxygens (including phenoxy) is 1. The second-order valence-corrected chi connectivity index (χ2v) is 6.24. The van der Waals surface area contributed by atoms with Gasteiger partial charge in [0.1, 0.15) is 17.2 Å². The van der Waals surface area contributed by atoms with Gasteiger partial charge in [-0.1, -0.05) is 0 Å². The minimum atomic E-state index is -0.770. The highest BCUT2D eigenvalue weighted by molar-refractivity contribution is 9.10. The maximum absolute atomic E-state index is 13.5. The second kappa shape index (κ2) is 6.98. The van der Waals surface area contributed by atoms with Crippen molar-refractivity contribution in [1.29, 1.82) is 0 Å². The van der Waals surface area contributed by atoms with Crippen LogP contribution in [0.1, 0.15) is 33.6 Å². The average Bonchev–Trinajstić information content (AvgIpc) is 2.31. The van der Waals surface area contributed by atoms with Gasteiger partial charge in [-0.25, -0.2) is 8.78 Å². The smallest absolute Gasteiger partial charge is 0.306 e. The average molecular weight is 364 g/mol. The number of hydrogen-bond donors (Lipinski definition) is 1. The third-order valence-corrected chi connectivity index (χ3v) is 2.87. The Hall–Kier alpha value is -1.50. The van der Waals surface area contributed by atoms with Crippen molar-refractivity contribution in [3.05, 3.63) is 28.2 Å². The topological polar surface area (TPSA) is 55.4 Å². The highest BCUT2D eigenvalue weighted by Crippen LogP contribution is 2.23. The Kier molecular flexibility index (Phi) is 5.83. The summed E-state index contributed by atoms with van der Waals surface area (Å²) >= 11 is 2.84. The van der Waals surface area contributed by atoms with Crippen LogP contribution in [0.2, 0.25) is 0 Å². The fraction of sp³-hybridized carbons (Fsp3) is 0.429. The van der Waals surface area contributed by atoms with Crippen LogP contribution in [0.4, 0.5) is 14.5 Å². The van der Waals surface area contributed by atoms with E-state index in [1.165, 1.54) is 0 Å². The number of amides is 1. The van der Waals surface area contributed by atoms with Gasteiger partial charge < -0.3 is 10.1 Å². The maximum Gasteiger partial charge on any atom is 0.306 e. The lowest BCUT2D eigenvalue weighted by atomic mass is 10.2. The molecule has 0 radical (unpaired) electrons. The van der Waals surface area contributed by atoms with E-state index in [4.69, 9.17) is 4.74 Å². The molecular weight excluding hydrogens is 348 g/mol. The Morgan fingerprint density at radius 3 is 2.38 bits per heavy atom. The first kappa shape index (κ1) is 17.6. The van der Waals surface area contributed by atoms with Crippen LogP contribution in [-0.2, 0) is 14.3 Å². The second-order valence-electron chi connectivity index (χ2n) is 5.38. The third-order valence-electron chi connectivity index (χ3n) is 2.26. The van der Waals surface area contributed by atoms with Crippen molar-refractivity contribution in [2.75, 3.05) is 5.32 Å². The molecule has 1 aromatic rings. The molecule has 0 spiro atoms. The van der Waals surface area contributed by atoms with E-state index in [0.29, 0.717) is 0 Å². The first-order valence-electron chi connectivity index (χ1n) is 6.25. The summed E-state index contributed by atoms with van der Waals surface area (Å²) in [5.74, 6) is -2.59. The Balaban J connectivity index is 2.55. The molecule has 0 fully saturated rings. The minimum absolute atomic E-state index is 0.0354. The molecular formula is C14H16BrF2NO3. The molecule has 4 nitrogen and oxygen atoms in total. The number of halogens is 3. The van der Waals surface area contributed by atoms with Gasteiger partial charge in [-0.2, -0.15) is 0 Å². The van der Waals surface area contributed by atoms with E-state index in [1.54, 1.807) is 20.8 Å². The van der Waals surface area contributed by atoms with Crippen molar-refractivity contribution in [3.8, 4) is 0 Å². The van der Waals surface area contributed by atoms with E-state index in [1.807, 2.05) is 0 Å². The maximum atomic E-state index is 13.5. The van der Waals surface area contributed by atoms with E-state index < -0.39 is 29.1 Å². The summed E-state index contributed by atoms with van der Waals surface area (Å²) in [5.41, 5.74) is -0.904. The molecule has 0 aliphatic carbocycles. The SMILES string of the molecule is CC(C)(C)OC(=O)CCC(=O)Nc1cc(F)c(Br)cc1F. The van der Waals surface area contributed by atoms with Gasteiger partial charge >= 0.3 is 5.97 Å². The summed E-state index contributed by atoms with van der Waals surface area (Å²) in [6.07, 6.45) is -0.310. The molecule has 0 saturated heterocycles. The largest absolute Gasteiger partial charge is 0.460 e. The number of hydrogen-bond acceptors (Lipinski definition) is 3. The summed E-state index contributed by atoms with van der Waals surface area (Å²) in [5, 5.41) is 2.21. The normalized spacial score (nSPS) is 11.1. The highest BCUT2D eigenvalue weighted by atomic mass is 79.9. The van der Waals surface area contributed by atoms with E-state index in [0.717, 1.165) is 12.1 Å². The van der Waals surface area contributed by atoms with Crippen LogP contribution in [0.15, 0.2) is 16.6 Å². The molecule has 1 aromatic carbocycles.